The van der Waals surface area contributed by atoms with Crippen LogP contribution in [0.25, 0.3) is 0 Å². The summed E-state index contributed by atoms with van der Waals surface area (Å²) >= 11 is 0. The van der Waals surface area contributed by atoms with E-state index in [4.69, 9.17) is 4.42 Å². The quantitative estimate of drug-likeness (QED) is 0.904. The van der Waals surface area contributed by atoms with Crippen LogP contribution in [-0.4, -0.2) is 41.3 Å². The lowest BCUT2D eigenvalue weighted by Crippen LogP contribution is -2.44. The second-order valence-electron chi connectivity index (χ2n) is 6.42. The van der Waals surface area contributed by atoms with E-state index >= 15 is 0 Å². The van der Waals surface area contributed by atoms with E-state index in [0.29, 0.717) is 25.4 Å². The molecule has 1 aliphatic rings. The summed E-state index contributed by atoms with van der Waals surface area (Å²) in [6.45, 7) is 2.76. The molecule has 1 aliphatic heterocycles. The van der Waals surface area contributed by atoms with E-state index < -0.39 is 0 Å². The van der Waals surface area contributed by atoms with E-state index in [1.807, 2.05) is 18.2 Å². The van der Waals surface area contributed by atoms with Gasteiger partial charge in [0.2, 0.25) is 11.8 Å². The number of carbonyl (C=O) groups excluding carboxylic acids is 2. The van der Waals surface area contributed by atoms with Gasteiger partial charge in [0.05, 0.1) is 18.7 Å². The van der Waals surface area contributed by atoms with Crippen LogP contribution in [0.5, 0.6) is 0 Å². The van der Waals surface area contributed by atoms with Gasteiger partial charge in [0, 0.05) is 26.4 Å². The van der Waals surface area contributed by atoms with Gasteiger partial charge in [-0.2, -0.15) is 0 Å². The summed E-state index contributed by atoms with van der Waals surface area (Å²) < 4.78 is 5.93. The molecule has 1 N–H and O–H groups in total. The summed E-state index contributed by atoms with van der Waals surface area (Å²) in [5.41, 5.74) is 1.18. The lowest BCUT2D eigenvalue weighted by molar-refractivity contribution is -0.133. The van der Waals surface area contributed by atoms with Crippen LogP contribution < -0.4 is 5.32 Å². The zero-order valence-electron chi connectivity index (χ0n) is 14.4. The second-order valence-corrected chi connectivity index (χ2v) is 6.42. The number of carbonyl (C=O) groups is 2. The average molecular weight is 341 g/mol. The molecule has 3 rings (SSSR count). The van der Waals surface area contributed by atoms with Crippen LogP contribution in [-0.2, 0) is 16.0 Å². The molecule has 0 radical (unpaired) electrons. The van der Waals surface area contributed by atoms with Crippen LogP contribution in [0.15, 0.2) is 40.9 Å². The number of benzene rings is 1. The van der Waals surface area contributed by atoms with Crippen LogP contribution in [0.1, 0.15) is 42.9 Å². The van der Waals surface area contributed by atoms with Gasteiger partial charge in [-0.3, -0.25) is 9.59 Å². The number of hydrogen-bond acceptors (Lipinski definition) is 4. The highest BCUT2D eigenvalue weighted by Crippen LogP contribution is 2.27. The second kappa shape index (κ2) is 7.96. The molecule has 0 spiro atoms. The molecule has 1 aromatic carbocycles. The van der Waals surface area contributed by atoms with Gasteiger partial charge < -0.3 is 14.6 Å². The van der Waals surface area contributed by atoms with Crippen molar-refractivity contribution in [2.24, 2.45) is 0 Å². The minimum atomic E-state index is -0.194. The van der Waals surface area contributed by atoms with E-state index in [1.54, 1.807) is 11.1 Å². The van der Waals surface area contributed by atoms with Crippen molar-refractivity contribution in [2.75, 3.05) is 19.6 Å². The SMILES string of the molecule is CC(=O)NCC(=O)N1CCC[C@@H](c2ncc(Cc3ccccc3)o2)C1. The molecular formula is C19H23N3O3. The summed E-state index contributed by atoms with van der Waals surface area (Å²) in [7, 11) is 0. The first-order chi connectivity index (χ1) is 12.1. The fourth-order valence-electron chi connectivity index (χ4n) is 3.11. The maximum atomic E-state index is 12.2. The molecule has 0 bridgehead atoms. The topological polar surface area (TPSA) is 75.4 Å². The highest BCUT2D eigenvalue weighted by atomic mass is 16.4. The van der Waals surface area contributed by atoms with Crippen molar-refractivity contribution in [1.82, 2.24) is 15.2 Å². The zero-order chi connectivity index (χ0) is 17.6. The summed E-state index contributed by atoms with van der Waals surface area (Å²) in [5.74, 6) is 1.39. The van der Waals surface area contributed by atoms with Gasteiger partial charge in [-0.15, -0.1) is 0 Å². The Balaban J connectivity index is 1.60. The Morgan fingerprint density at radius 1 is 1.32 bits per heavy atom. The maximum Gasteiger partial charge on any atom is 0.241 e. The molecule has 2 aromatic rings. The minimum absolute atomic E-state index is 0.0485. The highest BCUT2D eigenvalue weighted by Gasteiger charge is 2.27. The van der Waals surface area contributed by atoms with E-state index in [2.05, 4.69) is 22.4 Å². The maximum absolute atomic E-state index is 12.2. The Hall–Kier alpha value is -2.63. The van der Waals surface area contributed by atoms with Gasteiger partial charge in [-0.25, -0.2) is 4.98 Å². The van der Waals surface area contributed by atoms with E-state index in [-0.39, 0.29) is 24.3 Å². The van der Waals surface area contributed by atoms with Crippen molar-refractivity contribution in [3.05, 3.63) is 53.7 Å². The molecule has 1 fully saturated rings. The van der Waals surface area contributed by atoms with Crippen molar-refractivity contribution in [2.45, 2.75) is 32.1 Å². The molecule has 0 unspecified atom stereocenters. The molecule has 6 heteroatoms. The van der Waals surface area contributed by atoms with E-state index in [1.165, 1.54) is 12.5 Å². The Kier molecular flexibility index (Phi) is 5.48. The third-order valence-electron chi connectivity index (χ3n) is 4.40. The number of hydrogen-bond donors (Lipinski definition) is 1. The van der Waals surface area contributed by atoms with Gasteiger partial charge in [-0.1, -0.05) is 30.3 Å². The Labute approximate surface area is 147 Å². The standard InChI is InChI=1S/C19H23N3O3/c1-14(23)20-12-18(24)22-9-5-8-16(13-22)19-21-11-17(25-19)10-15-6-3-2-4-7-15/h2-4,6-7,11,16H,5,8-10,12-13H2,1H3,(H,20,23)/t16-/m1/s1. The zero-order valence-corrected chi connectivity index (χ0v) is 14.4. The molecule has 2 heterocycles. The molecule has 1 saturated heterocycles. The molecule has 6 nitrogen and oxygen atoms in total. The summed E-state index contributed by atoms with van der Waals surface area (Å²) in [5, 5.41) is 2.56. The molecule has 1 aromatic heterocycles. The van der Waals surface area contributed by atoms with Gasteiger partial charge in [-0.05, 0) is 18.4 Å². The average Bonchev–Trinajstić information content (AvgIpc) is 3.09. The molecule has 1 atom stereocenters. The summed E-state index contributed by atoms with van der Waals surface area (Å²) in [6, 6.07) is 10.1. The lowest BCUT2D eigenvalue weighted by atomic mass is 9.98. The lowest BCUT2D eigenvalue weighted by Gasteiger charge is -2.31. The summed E-state index contributed by atoms with van der Waals surface area (Å²) in [4.78, 5) is 29.4. The van der Waals surface area contributed by atoms with Crippen molar-refractivity contribution in [3.63, 3.8) is 0 Å². The van der Waals surface area contributed by atoms with Crippen molar-refractivity contribution < 1.29 is 14.0 Å². The van der Waals surface area contributed by atoms with Gasteiger partial charge in [0.25, 0.3) is 0 Å². The highest BCUT2D eigenvalue weighted by molar-refractivity contribution is 5.83. The van der Waals surface area contributed by atoms with Gasteiger partial charge in [0.15, 0.2) is 5.89 Å². The van der Waals surface area contributed by atoms with Crippen LogP contribution in [0, 0.1) is 0 Å². The number of amides is 2. The molecule has 25 heavy (non-hydrogen) atoms. The number of nitrogens with one attached hydrogen (secondary N) is 1. The normalized spacial score (nSPS) is 17.3. The largest absolute Gasteiger partial charge is 0.445 e. The Bertz CT molecular complexity index is 727. The predicted octanol–water partition coefficient (Wildman–Crippen LogP) is 2.11. The van der Waals surface area contributed by atoms with E-state index in [0.717, 1.165) is 18.6 Å². The number of piperidine rings is 1. The van der Waals surface area contributed by atoms with Crippen LogP contribution in [0.3, 0.4) is 0 Å². The minimum Gasteiger partial charge on any atom is -0.445 e. The molecule has 2 amide bonds. The number of aromatic nitrogens is 1. The van der Waals surface area contributed by atoms with Crippen LogP contribution in [0.4, 0.5) is 0 Å². The molecule has 132 valence electrons. The third kappa shape index (κ3) is 4.68. The van der Waals surface area contributed by atoms with Crippen LogP contribution >= 0.6 is 0 Å². The Morgan fingerprint density at radius 2 is 2.12 bits per heavy atom. The number of rotatable bonds is 5. The smallest absolute Gasteiger partial charge is 0.241 e. The number of nitrogens with zero attached hydrogens (tertiary/aromatic N) is 2. The number of oxazole rings is 1. The number of likely N-dealkylation sites (tertiary alicyclic amines) is 1. The fraction of sp³-hybridized carbons (Fsp3) is 0.421. The van der Waals surface area contributed by atoms with Crippen LogP contribution in [0.2, 0.25) is 0 Å². The van der Waals surface area contributed by atoms with Crippen molar-refractivity contribution >= 4 is 11.8 Å². The first-order valence-corrected chi connectivity index (χ1v) is 8.62. The predicted molar refractivity (Wildman–Crippen MR) is 93.0 cm³/mol. The Morgan fingerprint density at radius 3 is 2.88 bits per heavy atom. The van der Waals surface area contributed by atoms with Gasteiger partial charge in [0.1, 0.15) is 5.76 Å². The monoisotopic (exact) mass is 341 g/mol. The summed E-state index contributed by atoms with van der Waals surface area (Å²) in [6.07, 6.45) is 4.36. The third-order valence-corrected chi connectivity index (χ3v) is 4.40. The van der Waals surface area contributed by atoms with E-state index in [9.17, 15) is 9.59 Å². The van der Waals surface area contributed by atoms with Crippen molar-refractivity contribution in [3.8, 4) is 0 Å². The van der Waals surface area contributed by atoms with Gasteiger partial charge >= 0.3 is 0 Å². The molecule has 0 saturated carbocycles. The first-order valence-electron chi connectivity index (χ1n) is 8.62. The molecular weight excluding hydrogens is 318 g/mol. The first kappa shape index (κ1) is 17.2. The molecule has 0 aliphatic carbocycles. The fourth-order valence-corrected chi connectivity index (χ4v) is 3.11. The van der Waals surface area contributed by atoms with Crippen molar-refractivity contribution in [1.29, 1.82) is 0 Å².